The zero-order valence-corrected chi connectivity index (χ0v) is 21.1. The van der Waals surface area contributed by atoms with Gasteiger partial charge in [0, 0.05) is 39.4 Å². The first-order valence-electron chi connectivity index (χ1n) is 11.4. The Labute approximate surface area is 204 Å². The van der Waals surface area contributed by atoms with Crippen molar-refractivity contribution in [1.29, 1.82) is 0 Å². The number of benzene rings is 1. The Hall–Kier alpha value is -0.940. The van der Waals surface area contributed by atoms with Crippen molar-refractivity contribution >= 4 is 29.9 Å². The Morgan fingerprint density at radius 3 is 2.71 bits per heavy atom. The summed E-state index contributed by atoms with van der Waals surface area (Å²) in [4.78, 5) is 7.37. The fourth-order valence-electron chi connectivity index (χ4n) is 3.89. The van der Waals surface area contributed by atoms with Crippen LogP contribution in [0.4, 0.5) is 0 Å². The molecule has 2 aliphatic heterocycles. The zero-order valence-electron chi connectivity index (χ0n) is 18.8. The number of halogens is 1. The van der Waals surface area contributed by atoms with Gasteiger partial charge in [-0.05, 0) is 31.7 Å². The first-order chi connectivity index (χ1) is 14.9. The summed E-state index contributed by atoms with van der Waals surface area (Å²) in [5.41, 5.74) is 1.31. The second-order valence-corrected chi connectivity index (χ2v) is 7.78. The van der Waals surface area contributed by atoms with Crippen molar-refractivity contribution in [3.05, 3.63) is 35.9 Å². The van der Waals surface area contributed by atoms with Gasteiger partial charge in [-0.2, -0.15) is 0 Å². The van der Waals surface area contributed by atoms with Gasteiger partial charge in [0.25, 0.3) is 0 Å². The molecule has 0 aromatic heterocycles. The number of morpholine rings is 1. The maximum Gasteiger partial charge on any atom is 0.191 e. The SMILES string of the molecule is CCNC(=NCC(c1ccccc1)N1CCOCC1)NCCCOCC1CCCO1.I. The number of nitrogens with one attached hydrogen (secondary N) is 2. The summed E-state index contributed by atoms with van der Waals surface area (Å²) in [7, 11) is 0. The number of hydrogen-bond donors (Lipinski definition) is 2. The first kappa shape index (κ1) is 26.3. The van der Waals surface area contributed by atoms with Gasteiger partial charge < -0.3 is 24.8 Å². The van der Waals surface area contributed by atoms with Gasteiger partial charge in [-0.25, -0.2) is 0 Å². The van der Waals surface area contributed by atoms with Gasteiger partial charge in [0.05, 0.1) is 38.5 Å². The molecule has 0 spiro atoms. The quantitative estimate of drug-likeness (QED) is 0.193. The molecule has 0 saturated carbocycles. The van der Waals surface area contributed by atoms with Crippen LogP contribution in [-0.4, -0.2) is 82.7 Å². The van der Waals surface area contributed by atoms with Crippen molar-refractivity contribution in [3.63, 3.8) is 0 Å². The van der Waals surface area contributed by atoms with Gasteiger partial charge in [0.1, 0.15) is 0 Å². The summed E-state index contributed by atoms with van der Waals surface area (Å²) < 4.78 is 16.9. The minimum absolute atomic E-state index is 0. The van der Waals surface area contributed by atoms with Crippen LogP contribution < -0.4 is 10.6 Å². The third-order valence-corrected chi connectivity index (χ3v) is 5.52. The molecule has 8 heteroatoms. The summed E-state index contributed by atoms with van der Waals surface area (Å²) in [6.45, 7) is 10.3. The fraction of sp³-hybridized carbons (Fsp3) is 0.696. The number of hydrogen-bond acceptors (Lipinski definition) is 5. The van der Waals surface area contributed by atoms with Crippen LogP contribution in [0.15, 0.2) is 35.3 Å². The van der Waals surface area contributed by atoms with E-state index in [4.69, 9.17) is 19.2 Å². The highest BCUT2D eigenvalue weighted by atomic mass is 127. The van der Waals surface area contributed by atoms with Crippen LogP contribution in [0.2, 0.25) is 0 Å². The van der Waals surface area contributed by atoms with Gasteiger partial charge >= 0.3 is 0 Å². The molecular formula is C23H39IN4O3. The van der Waals surface area contributed by atoms with Crippen LogP contribution in [0.3, 0.4) is 0 Å². The van der Waals surface area contributed by atoms with E-state index in [1.54, 1.807) is 0 Å². The summed E-state index contributed by atoms with van der Waals surface area (Å²) >= 11 is 0. The van der Waals surface area contributed by atoms with Crippen molar-refractivity contribution in [3.8, 4) is 0 Å². The van der Waals surface area contributed by atoms with Crippen LogP contribution in [0.1, 0.15) is 37.8 Å². The average molecular weight is 546 g/mol. The maximum absolute atomic E-state index is 5.75. The normalized spacial score (nSPS) is 20.8. The lowest BCUT2D eigenvalue weighted by Gasteiger charge is -2.34. The molecule has 2 unspecified atom stereocenters. The smallest absolute Gasteiger partial charge is 0.191 e. The lowest BCUT2D eigenvalue weighted by molar-refractivity contribution is 0.0168. The van der Waals surface area contributed by atoms with E-state index in [2.05, 4.69) is 52.8 Å². The number of rotatable bonds is 11. The molecule has 1 aromatic rings. The van der Waals surface area contributed by atoms with Crippen molar-refractivity contribution < 1.29 is 14.2 Å². The molecule has 2 N–H and O–H groups in total. The summed E-state index contributed by atoms with van der Waals surface area (Å²) in [6, 6.07) is 10.9. The highest BCUT2D eigenvalue weighted by molar-refractivity contribution is 14.0. The van der Waals surface area contributed by atoms with E-state index in [9.17, 15) is 0 Å². The first-order valence-corrected chi connectivity index (χ1v) is 11.4. The van der Waals surface area contributed by atoms with E-state index in [0.29, 0.717) is 12.7 Å². The number of ether oxygens (including phenoxy) is 3. The lowest BCUT2D eigenvalue weighted by atomic mass is 10.1. The molecular weight excluding hydrogens is 507 g/mol. The van der Waals surface area contributed by atoms with Crippen LogP contribution in [0.25, 0.3) is 0 Å². The minimum Gasteiger partial charge on any atom is -0.379 e. The molecule has 0 radical (unpaired) electrons. The van der Waals surface area contributed by atoms with Crippen LogP contribution in [-0.2, 0) is 14.2 Å². The second kappa shape index (κ2) is 15.8. The predicted molar refractivity (Wildman–Crippen MR) is 135 cm³/mol. The molecule has 0 aliphatic carbocycles. The zero-order chi connectivity index (χ0) is 20.9. The van der Waals surface area contributed by atoms with Crippen molar-refractivity contribution in [1.82, 2.24) is 15.5 Å². The Balaban J connectivity index is 0.00000341. The van der Waals surface area contributed by atoms with E-state index < -0.39 is 0 Å². The number of guanidine groups is 1. The van der Waals surface area contributed by atoms with E-state index in [0.717, 1.165) is 84.4 Å². The highest BCUT2D eigenvalue weighted by Gasteiger charge is 2.22. The molecule has 31 heavy (non-hydrogen) atoms. The maximum atomic E-state index is 5.75. The third kappa shape index (κ3) is 9.61. The predicted octanol–water partition coefficient (Wildman–Crippen LogP) is 2.82. The van der Waals surface area contributed by atoms with Crippen molar-refractivity contribution in [2.75, 3.05) is 65.8 Å². The third-order valence-electron chi connectivity index (χ3n) is 5.52. The molecule has 1 aromatic carbocycles. The topological polar surface area (TPSA) is 67.4 Å². The largest absolute Gasteiger partial charge is 0.379 e. The van der Waals surface area contributed by atoms with E-state index in [1.807, 2.05) is 0 Å². The fourth-order valence-corrected chi connectivity index (χ4v) is 3.89. The molecule has 0 bridgehead atoms. The monoisotopic (exact) mass is 546 g/mol. The molecule has 2 fully saturated rings. The second-order valence-electron chi connectivity index (χ2n) is 7.78. The molecule has 0 amide bonds. The van der Waals surface area contributed by atoms with Gasteiger partial charge in [-0.3, -0.25) is 9.89 Å². The van der Waals surface area contributed by atoms with Gasteiger partial charge in [0.15, 0.2) is 5.96 Å². The Morgan fingerprint density at radius 1 is 1.19 bits per heavy atom. The molecule has 2 aliphatic rings. The Bertz CT molecular complexity index is 608. The number of nitrogens with zero attached hydrogens (tertiary/aromatic N) is 2. The van der Waals surface area contributed by atoms with Crippen LogP contribution in [0, 0.1) is 0 Å². The number of aliphatic imine (C=N–C) groups is 1. The standard InChI is InChI=1S/C23H38N4O3.HI/c1-2-24-23(25-11-7-14-29-19-21-10-6-15-30-21)26-18-22(20-8-4-3-5-9-20)27-12-16-28-17-13-27;/h3-5,8-9,21-22H,2,6-7,10-19H2,1H3,(H2,24,25,26);1H. The van der Waals surface area contributed by atoms with Gasteiger partial charge in [-0.15, -0.1) is 24.0 Å². The molecule has 3 rings (SSSR count). The van der Waals surface area contributed by atoms with E-state index >= 15 is 0 Å². The summed E-state index contributed by atoms with van der Waals surface area (Å²) in [5, 5.41) is 6.81. The Morgan fingerprint density at radius 2 is 2.00 bits per heavy atom. The van der Waals surface area contributed by atoms with Crippen LogP contribution >= 0.6 is 24.0 Å². The molecule has 2 saturated heterocycles. The molecule has 2 atom stereocenters. The highest BCUT2D eigenvalue weighted by Crippen LogP contribution is 2.22. The molecule has 7 nitrogen and oxygen atoms in total. The van der Waals surface area contributed by atoms with Crippen molar-refractivity contribution in [2.24, 2.45) is 4.99 Å². The Kier molecular flexibility index (Phi) is 13.4. The van der Waals surface area contributed by atoms with E-state index in [1.165, 1.54) is 5.56 Å². The molecule has 2 heterocycles. The van der Waals surface area contributed by atoms with Crippen molar-refractivity contribution in [2.45, 2.75) is 38.3 Å². The minimum atomic E-state index is 0. The summed E-state index contributed by atoms with van der Waals surface area (Å²) in [6.07, 6.45) is 3.53. The van der Waals surface area contributed by atoms with Crippen LogP contribution in [0.5, 0.6) is 0 Å². The lowest BCUT2D eigenvalue weighted by Crippen LogP contribution is -2.42. The van der Waals surface area contributed by atoms with Gasteiger partial charge in [-0.1, -0.05) is 30.3 Å². The molecule has 176 valence electrons. The van der Waals surface area contributed by atoms with Gasteiger partial charge in [0.2, 0.25) is 0 Å². The average Bonchev–Trinajstić information content (AvgIpc) is 3.31. The van der Waals surface area contributed by atoms with E-state index in [-0.39, 0.29) is 30.0 Å². The summed E-state index contributed by atoms with van der Waals surface area (Å²) in [5.74, 6) is 0.866.